The summed E-state index contributed by atoms with van der Waals surface area (Å²) in [7, 11) is -1.81. The number of rotatable bonds is 2. The second-order valence-corrected chi connectivity index (χ2v) is 2.53. The standard InChI is InChI=1S/C8H7BO4/c10-9(11)13-8-3-1-2-7-6(8)4-5-12-7/h1-5,10-11H. The van der Waals surface area contributed by atoms with Crippen molar-refractivity contribution in [3.63, 3.8) is 0 Å². The van der Waals surface area contributed by atoms with E-state index in [0.29, 0.717) is 11.3 Å². The smallest absolute Gasteiger partial charge is 0.511 e. The first-order valence-electron chi connectivity index (χ1n) is 3.76. The fourth-order valence-electron chi connectivity index (χ4n) is 1.18. The third kappa shape index (κ3) is 1.51. The van der Waals surface area contributed by atoms with Crippen LogP contribution in [-0.4, -0.2) is 17.4 Å². The lowest BCUT2D eigenvalue weighted by molar-refractivity contribution is 0.289. The van der Waals surface area contributed by atoms with Crippen LogP contribution in [0, 0.1) is 0 Å². The molecular weight excluding hydrogens is 171 g/mol. The maximum Gasteiger partial charge on any atom is 0.707 e. The van der Waals surface area contributed by atoms with Gasteiger partial charge in [0.25, 0.3) is 0 Å². The van der Waals surface area contributed by atoms with E-state index in [9.17, 15) is 0 Å². The predicted molar refractivity (Wildman–Crippen MR) is 47.0 cm³/mol. The van der Waals surface area contributed by atoms with Crippen molar-refractivity contribution in [3.8, 4) is 5.75 Å². The summed E-state index contributed by atoms with van der Waals surface area (Å²) in [4.78, 5) is 0. The third-order valence-corrected chi connectivity index (χ3v) is 1.69. The van der Waals surface area contributed by atoms with E-state index >= 15 is 0 Å². The summed E-state index contributed by atoms with van der Waals surface area (Å²) in [6.07, 6.45) is 1.52. The third-order valence-electron chi connectivity index (χ3n) is 1.69. The maximum absolute atomic E-state index is 8.61. The minimum Gasteiger partial charge on any atom is -0.511 e. The molecule has 0 aliphatic carbocycles. The van der Waals surface area contributed by atoms with Gasteiger partial charge < -0.3 is 19.1 Å². The van der Waals surface area contributed by atoms with E-state index in [1.807, 2.05) is 0 Å². The Kier molecular flexibility index (Phi) is 1.96. The molecule has 0 aliphatic heterocycles. The summed E-state index contributed by atoms with van der Waals surface area (Å²) in [5.41, 5.74) is 0.651. The highest BCUT2D eigenvalue weighted by Gasteiger charge is 2.13. The molecule has 2 aromatic rings. The van der Waals surface area contributed by atoms with Crippen LogP contribution in [-0.2, 0) is 0 Å². The zero-order valence-corrected chi connectivity index (χ0v) is 6.68. The fourth-order valence-corrected chi connectivity index (χ4v) is 1.18. The van der Waals surface area contributed by atoms with Gasteiger partial charge in [-0.05, 0) is 18.2 Å². The van der Waals surface area contributed by atoms with E-state index in [1.165, 1.54) is 6.26 Å². The number of furan rings is 1. The van der Waals surface area contributed by atoms with Crippen LogP contribution in [0.25, 0.3) is 11.0 Å². The number of fused-ring (bicyclic) bond motifs is 1. The summed E-state index contributed by atoms with van der Waals surface area (Å²) in [6.45, 7) is 0. The van der Waals surface area contributed by atoms with E-state index in [-0.39, 0.29) is 0 Å². The maximum atomic E-state index is 8.61. The average Bonchev–Trinajstić information content (AvgIpc) is 2.51. The molecule has 0 radical (unpaired) electrons. The highest BCUT2D eigenvalue weighted by Crippen LogP contribution is 2.26. The van der Waals surface area contributed by atoms with Crippen molar-refractivity contribution in [3.05, 3.63) is 30.5 Å². The van der Waals surface area contributed by atoms with E-state index < -0.39 is 7.32 Å². The Morgan fingerprint density at radius 2 is 2.08 bits per heavy atom. The van der Waals surface area contributed by atoms with E-state index in [2.05, 4.69) is 0 Å². The topological polar surface area (TPSA) is 62.8 Å². The molecule has 5 heteroatoms. The van der Waals surface area contributed by atoms with E-state index in [0.717, 1.165) is 5.39 Å². The molecule has 4 nitrogen and oxygen atoms in total. The second kappa shape index (κ2) is 3.12. The van der Waals surface area contributed by atoms with Crippen molar-refractivity contribution >= 4 is 18.3 Å². The minimum absolute atomic E-state index is 0.390. The van der Waals surface area contributed by atoms with Crippen molar-refractivity contribution in [2.75, 3.05) is 0 Å². The van der Waals surface area contributed by atoms with Crippen LogP contribution >= 0.6 is 0 Å². The zero-order valence-electron chi connectivity index (χ0n) is 6.68. The van der Waals surface area contributed by atoms with Gasteiger partial charge in [0.1, 0.15) is 11.3 Å². The molecule has 13 heavy (non-hydrogen) atoms. The van der Waals surface area contributed by atoms with Crippen LogP contribution in [0.15, 0.2) is 34.9 Å². The van der Waals surface area contributed by atoms with Crippen molar-refractivity contribution in [2.24, 2.45) is 0 Å². The number of hydrogen-bond donors (Lipinski definition) is 2. The average molecular weight is 178 g/mol. The summed E-state index contributed by atoms with van der Waals surface area (Å²) in [5, 5.41) is 17.9. The predicted octanol–water partition coefficient (Wildman–Crippen LogP) is 0.781. The van der Waals surface area contributed by atoms with Crippen LogP contribution in [0.4, 0.5) is 0 Å². The van der Waals surface area contributed by atoms with Gasteiger partial charge in [-0.1, -0.05) is 6.07 Å². The molecule has 0 fully saturated rings. The van der Waals surface area contributed by atoms with Gasteiger partial charge in [0.15, 0.2) is 0 Å². The van der Waals surface area contributed by atoms with Gasteiger partial charge in [0, 0.05) is 0 Å². The quantitative estimate of drug-likeness (QED) is 0.667. The van der Waals surface area contributed by atoms with Gasteiger partial charge in [-0.25, -0.2) is 0 Å². The van der Waals surface area contributed by atoms with Gasteiger partial charge in [-0.15, -0.1) is 0 Å². The molecule has 0 spiro atoms. The molecule has 66 valence electrons. The van der Waals surface area contributed by atoms with E-state index in [1.54, 1.807) is 24.3 Å². The lowest BCUT2D eigenvalue weighted by Crippen LogP contribution is -2.20. The molecule has 1 heterocycles. The summed E-state index contributed by atoms with van der Waals surface area (Å²) in [6, 6.07) is 6.82. The van der Waals surface area contributed by atoms with Crippen molar-refractivity contribution in [1.29, 1.82) is 0 Å². The Labute approximate surface area is 74.5 Å². The Hall–Kier alpha value is -1.46. The summed E-state index contributed by atoms with van der Waals surface area (Å²) >= 11 is 0. The zero-order chi connectivity index (χ0) is 9.26. The highest BCUT2D eigenvalue weighted by molar-refractivity contribution is 6.34. The normalized spacial score (nSPS) is 10.3. The molecule has 0 bridgehead atoms. The highest BCUT2D eigenvalue weighted by atomic mass is 16.6. The van der Waals surface area contributed by atoms with Crippen molar-refractivity contribution in [2.45, 2.75) is 0 Å². The van der Waals surface area contributed by atoms with Crippen LogP contribution < -0.4 is 4.65 Å². The Bertz CT molecular complexity index is 409. The molecule has 1 aromatic carbocycles. The summed E-state index contributed by atoms with van der Waals surface area (Å²) < 4.78 is 9.83. The van der Waals surface area contributed by atoms with Gasteiger partial charge >= 0.3 is 7.32 Å². The second-order valence-electron chi connectivity index (χ2n) is 2.53. The van der Waals surface area contributed by atoms with Crippen LogP contribution in [0.1, 0.15) is 0 Å². The van der Waals surface area contributed by atoms with Crippen LogP contribution in [0.5, 0.6) is 5.75 Å². The molecule has 1 aromatic heterocycles. The Morgan fingerprint density at radius 3 is 2.85 bits per heavy atom. The molecule has 2 N–H and O–H groups in total. The van der Waals surface area contributed by atoms with Gasteiger partial charge in [-0.2, -0.15) is 0 Å². The lowest BCUT2D eigenvalue weighted by Gasteiger charge is -2.04. The molecule has 0 saturated carbocycles. The minimum atomic E-state index is -1.81. The lowest BCUT2D eigenvalue weighted by atomic mass is 10.2. The van der Waals surface area contributed by atoms with Gasteiger partial charge in [0.05, 0.1) is 11.6 Å². The molecule has 0 unspecified atom stereocenters. The molecule has 0 amide bonds. The van der Waals surface area contributed by atoms with Gasteiger partial charge in [-0.3, -0.25) is 0 Å². The van der Waals surface area contributed by atoms with E-state index in [4.69, 9.17) is 19.1 Å². The molecule has 0 saturated heterocycles. The fraction of sp³-hybridized carbons (Fsp3) is 0. The first-order chi connectivity index (χ1) is 6.27. The summed E-state index contributed by atoms with van der Waals surface area (Å²) in [5.74, 6) is 0.390. The SMILES string of the molecule is OB(O)Oc1cccc2occc12. The molecule has 2 rings (SSSR count). The van der Waals surface area contributed by atoms with Gasteiger partial charge in [0.2, 0.25) is 0 Å². The van der Waals surface area contributed by atoms with Crippen LogP contribution in [0.3, 0.4) is 0 Å². The van der Waals surface area contributed by atoms with Crippen molar-refractivity contribution < 1.29 is 19.1 Å². The largest absolute Gasteiger partial charge is 0.707 e. The first-order valence-corrected chi connectivity index (χ1v) is 3.76. The molecular formula is C8H7BO4. The molecule has 0 aliphatic rings. The van der Waals surface area contributed by atoms with Crippen molar-refractivity contribution in [1.82, 2.24) is 0 Å². The Morgan fingerprint density at radius 1 is 1.23 bits per heavy atom. The van der Waals surface area contributed by atoms with Crippen LogP contribution in [0.2, 0.25) is 0 Å². The monoisotopic (exact) mass is 178 g/mol. The Balaban J connectivity index is 2.48. The number of hydrogen-bond acceptors (Lipinski definition) is 4. The first kappa shape index (κ1) is 8.16. The molecule has 0 atom stereocenters. The number of benzene rings is 1.